The van der Waals surface area contributed by atoms with Crippen molar-refractivity contribution in [3.63, 3.8) is 0 Å². The molecule has 0 aliphatic heterocycles. The van der Waals surface area contributed by atoms with Crippen LogP contribution in [0.5, 0.6) is 0 Å². The molecule has 7 heteroatoms. The lowest BCUT2D eigenvalue weighted by Crippen LogP contribution is -2.33. The molecule has 0 amide bonds. The fourth-order valence-electron chi connectivity index (χ4n) is 3.50. The minimum absolute atomic E-state index is 0. The van der Waals surface area contributed by atoms with E-state index < -0.39 is 7.82 Å². The van der Waals surface area contributed by atoms with Crippen molar-refractivity contribution in [1.29, 1.82) is 0 Å². The maximum absolute atomic E-state index is 8.55. The summed E-state index contributed by atoms with van der Waals surface area (Å²) in [4.78, 5) is 25.6. The van der Waals surface area contributed by atoms with Crippen molar-refractivity contribution >= 4 is 30.6 Å². The second kappa shape index (κ2) is 12.6. The fourth-order valence-corrected chi connectivity index (χ4v) is 3.50. The Bertz CT molecular complexity index is 1010. The predicted molar refractivity (Wildman–Crippen MR) is 141 cm³/mol. The van der Waals surface area contributed by atoms with E-state index in [4.69, 9.17) is 19.2 Å². The Kier molecular flexibility index (Phi) is 10.1. The lowest BCUT2D eigenvalue weighted by atomic mass is 10.2. The van der Waals surface area contributed by atoms with Crippen LogP contribution in [0.4, 0.5) is 22.7 Å². The van der Waals surface area contributed by atoms with Gasteiger partial charge in [0.25, 0.3) is 0 Å². The van der Waals surface area contributed by atoms with Crippen molar-refractivity contribution in [2.75, 3.05) is 28.2 Å². The molecule has 6 nitrogen and oxygen atoms in total. The smallest absolute Gasteiger partial charge is 0.822 e. The van der Waals surface area contributed by atoms with E-state index >= 15 is 0 Å². The summed E-state index contributed by atoms with van der Waals surface area (Å²) in [7, 11) is 3.41. The van der Waals surface area contributed by atoms with Gasteiger partial charge in [0.05, 0.1) is 28.2 Å². The molecule has 0 saturated heterocycles. The summed E-state index contributed by atoms with van der Waals surface area (Å²) in [5, 5.41) is 0. The van der Waals surface area contributed by atoms with E-state index in [1.807, 2.05) is 0 Å². The lowest BCUT2D eigenvalue weighted by molar-refractivity contribution is -0.432. The van der Waals surface area contributed by atoms with E-state index in [2.05, 4.69) is 150 Å². The Hall–Kier alpha value is -3.09. The van der Waals surface area contributed by atoms with E-state index in [0.29, 0.717) is 0 Å². The molecule has 0 unspecified atom stereocenters. The fraction of sp³-hybridized carbons (Fsp3) is 0.143. The van der Waals surface area contributed by atoms with Gasteiger partial charge in [-0.2, -0.15) is 7.82 Å². The summed E-state index contributed by atoms with van der Waals surface area (Å²) < 4.78 is 10.1. The van der Waals surface area contributed by atoms with Gasteiger partial charge in [-0.3, -0.25) is 8.97 Å². The zero-order valence-corrected chi connectivity index (χ0v) is 21.4. The molecule has 0 radical (unpaired) electrons. The number of hydrogen-bond donors (Lipinski definition) is 0. The van der Waals surface area contributed by atoms with E-state index in [0.717, 1.165) is 8.97 Å². The number of quaternary nitrogens is 2. The van der Waals surface area contributed by atoms with Crippen LogP contribution in [0.15, 0.2) is 121 Å². The van der Waals surface area contributed by atoms with E-state index in [9.17, 15) is 0 Å². The third-order valence-electron chi connectivity index (χ3n) is 5.61. The molecule has 4 aromatic carbocycles. The minimum Gasteiger partial charge on any atom is -0.822 e. The molecule has 0 aromatic heterocycles. The predicted octanol–water partition coefficient (Wildman–Crippen LogP) is 4.46. The van der Waals surface area contributed by atoms with Gasteiger partial charge in [-0.25, -0.2) is 0 Å². The molecule has 4 aromatic rings. The molecular weight excluding hydrogens is 459 g/mol. The summed E-state index contributed by atoms with van der Waals surface area (Å²) in [6.07, 6.45) is 0. The van der Waals surface area contributed by atoms with Crippen LogP contribution in [0.25, 0.3) is 0 Å². The number of benzene rings is 4. The van der Waals surface area contributed by atoms with Crippen LogP contribution in [0, 0.1) is 0 Å². The van der Waals surface area contributed by atoms with Crippen molar-refractivity contribution in [2.24, 2.45) is 0 Å². The summed E-state index contributed by atoms with van der Waals surface area (Å²) in [5.74, 6) is 0. The third kappa shape index (κ3) is 9.23. The van der Waals surface area contributed by atoms with Crippen LogP contribution in [0.1, 0.15) is 1.43 Å². The van der Waals surface area contributed by atoms with Crippen molar-refractivity contribution in [3.8, 4) is 0 Å². The van der Waals surface area contributed by atoms with Gasteiger partial charge in [-0.05, 0) is 48.5 Å². The number of phosphoric acid groups is 1. The SMILES string of the molecule is C[N+](C)(c1ccccc1)c1ccccc1.C[N+](C)(c1ccccc1)c1ccccc1.O=P([O-])([O-])[O-].[H+]. The summed E-state index contributed by atoms with van der Waals surface area (Å²) in [5.41, 5.74) is 5.18. The molecule has 0 aliphatic carbocycles. The van der Waals surface area contributed by atoms with Gasteiger partial charge in [0.2, 0.25) is 0 Å². The molecule has 0 aliphatic rings. The Morgan fingerprint density at radius 2 is 0.600 bits per heavy atom. The van der Waals surface area contributed by atoms with Crippen LogP contribution in [-0.2, 0) is 4.57 Å². The van der Waals surface area contributed by atoms with Crippen LogP contribution in [-0.4, -0.2) is 28.2 Å². The van der Waals surface area contributed by atoms with Gasteiger partial charge in [-0.15, -0.1) is 0 Å². The first kappa shape index (κ1) is 28.1. The molecule has 0 fully saturated rings. The second-order valence-corrected chi connectivity index (χ2v) is 9.59. The highest BCUT2D eigenvalue weighted by Crippen LogP contribution is 2.30. The molecule has 4 rings (SSSR count). The molecule has 0 saturated carbocycles. The van der Waals surface area contributed by atoms with E-state index in [-0.39, 0.29) is 1.43 Å². The number of rotatable bonds is 4. The van der Waals surface area contributed by atoms with Crippen molar-refractivity contribution in [3.05, 3.63) is 121 Å². The summed E-state index contributed by atoms with van der Waals surface area (Å²) in [6, 6.07) is 42.1. The second-order valence-electron chi connectivity index (χ2n) is 8.70. The third-order valence-corrected chi connectivity index (χ3v) is 5.61. The quantitative estimate of drug-likeness (QED) is 0.311. The topological polar surface area (TPSA) is 86.2 Å². The standard InChI is InChI=1S/2C14H16N.H3O4P/c2*1-15(2,13-9-5-3-6-10-13)14-11-7-4-8-12-14;1-5(2,3)4/h2*3-12H,1-2H3;(H3,1,2,3,4)/q2*+1;/p-2. The number of hydrogen-bond acceptors (Lipinski definition) is 4. The van der Waals surface area contributed by atoms with Crippen LogP contribution in [0.3, 0.4) is 0 Å². The molecular formula is C28H33N2O4P. The first-order valence-corrected chi connectivity index (χ1v) is 12.5. The first-order chi connectivity index (χ1) is 16.4. The molecule has 184 valence electrons. The van der Waals surface area contributed by atoms with E-state index in [1.54, 1.807) is 0 Å². The van der Waals surface area contributed by atoms with Gasteiger partial charge >= 0.3 is 1.43 Å². The monoisotopic (exact) mass is 492 g/mol. The zero-order valence-electron chi connectivity index (χ0n) is 21.5. The highest BCUT2D eigenvalue weighted by molar-refractivity contribution is 7.40. The molecule has 0 atom stereocenters. The highest BCUT2D eigenvalue weighted by atomic mass is 31.2. The largest absolute Gasteiger partial charge is 1.00 e. The van der Waals surface area contributed by atoms with Crippen LogP contribution >= 0.6 is 7.82 Å². The van der Waals surface area contributed by atoms with Gasteiger partial charge in [0, 0.05) is 0 Å². The zero-order chi connectivity index (χ0) is 26.0. The van der Waals surface area contributed by atoms with Crippen molar-refractivity contribution in [1.82, 2.24) is 8.97 Å². The average molecular weight is 493 g/mol. The van der Waals surface area contributed by atoms with Crippen molar-refractivity contribution in [2.45, 2.75) is 0 Å². The Balaban J connectivity index is 0.000000298. The Labute approximate surface area is 209 Å². The Morgan fingerprint density at radius 3 is 0.743 bits per heavy atom. The lowest BCUT2D eigenvalue weighted by Gasteiger charge is -2.36. The molecule has 0 bridgehead atoms. The average Bonchev–Trinajstić information content (AvgIpc) is 2.86. The van der Waals surface area contributed by atoms with E-state index in [1.165, 1.54) is 22.7 Å². The van der Waals surface area contributed by atoms with Gasteiger partial charge < -0.3 is 19.2 Å². The normalized spacial score (nSPS) is 11.4. The molecule has 35 heavy (non-hydrogen) atoms. The maximum atomic E-state index is 8.55. The van der Waals surface area contributed by atoms with Gasteiger partial charge in [-0.1, -0.05) is 72.8 Å². The summed E-state index contributed by atoms with van der Waals surface area (Å²) in [6.45, 7) is 0. The highest BCUT2D eigenvalue weighted by Gasteiger charge is 2.21. The van der Waals surface area contributed by atoms with Crippen molar-refractivity contribution < 1.29 is 20.7 Å². The van der Waals surface area contributed by atoms with Gasteiger partial charge in [0.1, 0.15) is 22.7 Å². The minimum atomic E-state index is -5.39. The molecule has 0 N–H and O–H groups in total. The Morgan fingerprint density at radius 1 is 0.457 bits per heavy atom. The molecule has 0 heterocycles. The number of nitrogens with zero attached hydrogens (tertiary/aromatic N) is 2. The van der Waals surface area contributed by atoms with Gasteiger partial charge in [0.15, 0.2) is 0 Å². The van der Waals surface area contributed by atoms with Crippen LogP contribution in [0.2, 0.25) is 0 Å². The maximum Gasteiger partial charge on any atom is 1.00 e. The molecule has 0 spiro atoms. The summed E-state index contributed by atoms with van der Waals surface area (Å²) >= 11 is 0. The number of para-hydroxylation sites is 4. The first-order valence-electron chi connectivity index (χ1n) is 11.1. The van der Waals surface area contributed by atoms with Crippen LogP contribution < -0.4 is 23.6 Å².